The molecular weight excluding hydrogens is 470 g/mol. The Morgan fingerprint density at radius 3 is 2.57 bits per heavy atom. The van der Waals surface area contributed by atoms with Gasteiger partial charge in [0.1, 0.15) is 11.4 Å². The van der Waals surface area contributed by atoms with Crippen molar-refractivity contribution in [3.05, 3.63) is 47.4 Å². The van der Waals surface area contributed by atoms with Crippen LogP contribution < -0.4 is 10.6 Å². The lowest BCUT2D eigenvalue weighted by Crippen LogP contribution is -2.46. The first-order valence-electron chi connectivity index (χ1n) is 12.7. The number of amides is 1. The van der Waals surface area contributed by atoms with Crippen LogP contribution in [0.3, 0.4) is 0 Å². The number of carbonyl (C=O) groups excluding carboxylic acids is 1. The third-order valence-corrected chi connectivity index (χ3v) is 6.68. The van der Waals surface area contributed by atoms with Crippen molar-refractivity contribution in [1.82, 2.24) is 24.4 Å². The van der Waals surface area contributed by atoms with Crippen LogP contribution in [0.1, 0.15) is 44.6 Å². The molecule has 1 amide bonds. The Balaban J connectivity index is 1.52. The summed E-state index contributed by atoms with van der Waals surface area (Å²) in [5, 5.41) is 0. The topological polar surface area (TPSA) is 112 Å². The van der Waals surface area contributed by atoms with Gasteiger partial charge in [-0.1, -0.05) is 0 Å². The lowest BCUT2D eigenvalue weighted by atomic mass is 10.0. The molecule has 0 radical (unpaired) electrons. The number of imidazole rings is 1. The molecule has 37 heavy (non-hydrogen) atoms. The average Bonchev–Trinajstić information content (AvgIpc) is 3.20. The molecule has 1 aromatic carbocycles. The number of hydrogen-bond acceptors (Lipinski definition) is 8. The molecular formula is C27H35N7O3. The van der Waals surface area contributed by atoms with E-state index in [1.807, 2.05) is 56.5 Å². The lowest BCUT2D eigenvalue weighted by molar-refractivity contribution is 0.0220. The lowest BCUT2D eigenvalue weighted by Gasteiger charge is -2.38. The summed E-state index contributed by atoms with van der Waals surface area (Å²) in [6.07, 6.45) is 2.10. The summed E-state index contributed by atoms with van der Waals surface area (Å²) in [6, 6.07) is 8.17. The molecule has 5 rings (SSSR count). The van der Waals surface area contributed by atoms with Gasteiger partial charge in [-0.15, -0.1) is 0 Å². The minimum Gasteiger partial charge on any atom is -0.444 e. The minimum absolute atomic E-state index is 0.194. The first kappa shape index (κ1) is 25.0. The zero-order chi connectivity index (χ0) is 26.3. The standard InChI is InChI=1S/C27H35N7O3/c1-17-14-29-25(28)34(17)20-8-6-19(7-9-20)23-30-22-15-32(26(35)37-27(3,4)5)11-10-21(22)24(31-23)33-12-13-36-16-18(33)2/h6-9,14,18H,10-13,15-16H2,1-5H3,(H2,28,29). The number of benzene rings is 1. The van der Waals surface area contributed by atoms with Crippen LogP contribution in [0.25, 0.3) is 17.1 Å². The molecule has 1 fully saturated rings. The second-order valence-electron chi connectivity index (χ2n) is 10.7. The molecule has 1 atom stereocenters. The van der Waals surface area contributed by atoms with Gasteiger partial charge in [-0.25, -0.2) is 19.7 Å². The van der Waals surface area contributed by atoms with Crippen molar-refractivity contribution in [1.29, 1.82) is 0 Å². The van der Waals surface area contributed by atoms with Crippen molar-refractivity contribution in [2.75, 3.05) is 36.9 Å². The highest BCUT2D eigenvalue weighted by Gasteiger charge is 2.32. The van der Waals surface area contributed by atoms with Gasteiger partial charge >= 0.3 is 6.09 Å². The fourth-order valence-electron chi connectivity index (χ4n) is 4.85. The van der Waals surface area contributed by atoms with Crippen LogP contribution in [0.2, 0.25) is 0 Å². The monoisotopic (exact) mass is 505 g/mol. The van der Waals surface area contributed by atoms with E-state index in [0.29, 0.717) is 44.5 Å². The summed E-state index contributed by atoms with van der Waals surface area (Å²) in [5.41, 5.74) is 10.2. The van der Waals surface area contributed by atoms with Gasteiger partial charge in [0.25, 0.3) is 0 Å². The number of nitrogens with zero attached hydrogens (tertiary/aromatic N) is 6. The molecule has 4 heterocycles. The van der Waals surface area contributed by atoms with Gasteiger partial charge < -0.3 is 25.0 Å². The van der Waals surface area contributed by atoms with E-state index in [4.69, 9.17) is 25.2 Å². The summed E-state index contributed by atoms with van der Waals surface area (Å²) in [4.78, 5) is 31.1. The second-order valence-corrected chi connectivity index (χ2v) is 10.7. The van der Waals surface area contributed by atoms with Gasteiger partial charge in [0.2, 0.25) is 5.95 Å². The summed E-state index contributed by atoms with van der Waals surface area (Å²) >= 11 is 0. The number of anilines is 2. The van der Waals surface area contributed by atoms with Crippen LogP contribution in [0.4, 0.5) is 16.6 Å². The molecule has 2 N–H and O–H groups in total. The van der Waals surface area contributed by atoms with Crippen molar-refractivity contribution in [2.24, 2.45) is 0 Å². The summed E-state index contributed by atoms with van der Waals surface area (Å²) < 4.78 is 13.2. The predicted octanol–water partition coefficient (Wildman–Crippen LogP) is 3.74. The number of fused-ring (bicyclic) bond motifs is 1. The van der Waals surface area contributed by atoms with Gasteiger partial charge in [0.15, 0.2) is 5.82 Å². The Morgan fingerprint density at radius 1 is 1.16 bits per heavy atom. The fraction of sp³-hybridized carbons (Fsp3) is 0.481. The molecule has 0 saturated carbocycles. The molecule has 10 nitrogen and oxygen atoms in total. The van der Waals surface area contributed by atoms with Gasteiger partial charge in [-0.3, -0.25) is 4.57 Å². The van der Waals surface area contributed by atoms with E-state index >= 15 is 0 Å². The zero-order valence-electron chi connectivity index (χ0n) is 22.2. The van der Waals surface area contributed by atoms with E-state index < -0.39 is 5.60 Å². The number of carbonyl (C=O) groups is 1. The summed E-state index contributed by atoms with van der Waals surface area (Å²) in [7, 11) is 0. The number of morpholine rings is 1. The van der Waals surface area contributed by atoms with E-state index in [9.17, 15) is 4.79 Å². The van der Waals surface area contributed by atoms with Crippen molar-refractivity contribution in [3.8, 4) is 17.1 Å². The van der Waals surface area contributed by atoms with Crippen LogP contribution in [0, 0.1) is 6.92 Å². The van der Waals surface area contributed by atoms with Crippen LogP contribution in [0.15, 0.2) is 30.5 Å². The van der Waals surface area contributed by atoms with Crippen molar-refractivity contribution in [3.63, 3.8) is 0 Å². The molecule has 2 aliphatic heterocycles. The molecule has 0 spiro atoms. The fourth-order valence-corrected chi connectivity index (χ4v) is 4.85. The number of nitrogen functional groups attached to an aromatic ring is 1. The van der Waals surface area contributed by atoms with Gasteiger partial charge in [-0.2, -0.15) is 0 Å². The van der Waals surface area contributed by atoms with Crippen molar-refractivity contribution < 1.29 is 14.3 Å². The molecule has 3 aromatic rings. The van der Waals surface area contributed by atoms with E-state index in [1.165, 1.54) is 0 Å². The van der Waals surface area contributed by atoms with Gasteiger partial charge in [0.05, 0.1) is 37.7 Å². The molecule has 10 heteroatoms. The van der Waals surface area contributed by atoms with Crippen molar-refractivity contribution in [2.45, 2.75) is 59.2 Å². The number of aryl methyl sites for hydroxylation is 1. The largest absolute Gasteiger partial charge is 0.444 e. The number of nitrogens with two attached hydrogens (primary N) is 1. The molecule has 196 valence electrons. The van der Waals surface area contributed by atoms with Crippen LogP contribution in [-0.2, 0) is 22.4 Å². The number of hydrogen-bond donors (Lipinski definition) is 1. The highest BCUT2D eigenvalue weighted by molar-refractivity contribution is 5.70. The van der Waals surface area contributed by atoms with Crippen LogP contribution >= 0.6 is 0 Å². The first-order chi connectivity index (χ1) is 17.6. The zero-order valence-corrected chi connectivity index (χ0v) is 22.2. The predicted molar refractivity (Wildman–Crippen MR) is 142 cm³/mol. The highest BCUT2D eigenvalue weighted by atomic mass is 16.6. The maximum absolute atomic E-state index is 12.8. The second kappa shape index (κ2) is 9.66. The summed E-state index contributed by atoms with van der Waals surface area (Å²) in [5.74, 6) is 2.00. The van der Waals surface area contributed by atoms with Gasteiger partial charge in [-0.05, 0) is 65.3 Å². The molecule has 1 saturated heterocycles. The Kier molecular flexibility index (Phi) is 6.53. The maximum atomic E-state index is 12.8. The molecule has 1 unspecified atom stereocenters. The quantitative estimate of drug-likeness (QED) is 0.573. The minimum atomic E-state index is -0.554. The Labute approximate surface area is 217 Å². The number of rotatable bonds is 3. The molecule has 0 bridgehead atoms. The molecule has 2 aromatic heterocycles. The number of ether oxygens (including phenoxy) is 2. The molecule has 2 aliphatic rings. The van der Waals surface area contributed by atoms with E-state index in [1.54, 1.807) is 11.1 Å². The third kappa shape index (κ3) is 5.11. The first-order valence-corrected chi connectivity index (χ1v) is 12.7. The Hall–Kier alpha value is -3.66. The van der Waals surface area contributed by atoms with E-state index in [0.717, 1.165) is 40.6 Å². The Bertz CT molecular complexity index is 1280. The Morgan fingerprint density at radius 2 is 1.92 bits per heavy atom. The normalized spacial score (nSPS) is 18.0. The SMILES string of the molecule is Cc1cnc(N)n1-c1ccc(-c2nc3c(c(N4CCOCC4C)n2)CCN(C(=O)OC(C)(C)C)C3)cc1. The van der Waals surface area contributed by atoms with E-state index in [2.05, 4.69) is 16.8 Å². The third-order valence-electron chi connectivity index (χ3n) is 6.68. The van der Waals surface area contributed by atoms with Crippen molar-refractivity contribution >= 4 is 17.9 Å². The molecule has 0 aliphatic carbocycles. The highest BCUT2D eigenvalue weighted by Crippen LogP contribution is 2.32. The average molecular weight is 506 g/mol. The maximum Gasteiger partial charge on any atom is 0.410 e. The number of aromatic nitrogens is 4. The van der Waals surface area contributed by atoms with Crippen LogP contribution in [0.5, 0.6) is 0 Å². The summed E-state index contributed by atoms with van der Waals surface area (Å²) in [6.45, 7) is 12.8. The van der Waals surface area contributed by atoms with Crippen LogP contribution in [-0.4, -0.2) is 68.5 Å². The smallest absolute Gasteiger partial charge is 0.410 e. The van der Waals surface area contributed by atoms with E-state index in [-0.39, 0.29) is 12.1 Å². The van der Waals surface area contributed by atoms with Gasteiger partial charge in [0, 0.05) is 35.6 Å².